The molecule has 4 aliphatic carbocycles. The zero-order chi connectivity index (χ0) is 13.0. The topological polar surface area (TPSA) is 21.3 Å². The maximum Gasteiger partial charge on any atom is 0.0760 e. The van der Waals surface area contributed by atoms with Gasteiger partial charge in [-0.05, 0) is 67.6 Å². The molecule has 4 saturated carbocycles. The number of ether oxygens (including phenoxy) is 1. The Morgan fingerprint density at radius 3 is 2.05 bits per heavy atom. The third-order valence-electron chi connectivity index (χ3n) is 6.53. The Morgan fingerprint density at radius 2 is 1.53 bits per heavy atom. The van der Waals surface area contributed by atoms with Gasteiger partial charge < -0.3 is 10.1 Å². The Bertz CT molecular complexity index is 316. The molecule has 0 aromatic heterocycles. The van der Waals surface area contributed by atoms with E-state index in [2.05, 4.69) is 19.2 Å². The molecule has 5 rings (SSSR count). The zero-order valence-electron chi connectivity index (χ0n) is 12.5. The number of nitrogens with one attached hydrogen (secondary N) is 1. The molecule has 0 radical (unpaired) electrons. The highest BCUT2D eigenvalue weighted by molar-refractivity contribution is 5.06. The first-order valence-corrected chi connectivity index (χ1v) is 8.51. The van der Waals surface area contributed by atoms with E-state index in [9.17, 15) is 0 Å². The van der Waals surface area contributed by atoms with Gasteiger partial charge in [0.1, 0.15) is 0 Å². The van der Waals surface area contributed by atoms with Gasteiger partial charge in [0.2, 0.25) is 0 Å². The maximum atomic E-state index is 6.57. The molecule has 2 unspecified atom stereocenters. The molecule has 0 aromatic rings. The maximum absolute atomic E-state index is 6.57. The van der Waals surface area contributed by atoms with E-state index in [0.717, 1.165) is 30.8 Å². The summed E-state index contributed by atoms with van der Waals surface area (Å²) in [5.41, 5.74) is 0.551. The van der Waals surface area contributed by atoms with Crippen molar-refractivity contribution in [3.8, 4) is 0 Å². The highest BCUT2D eigenvalue weighted by atomic mass is 16.5. The van der Waals surface area contributed by atoms with Gasteiger partial charge in [-0.1, -0.05) is 13.8 Å². The second-order valence-electron chi connectivity index (χ2n) is 8.35. The molecule has 1 heterocycles. The van der Waals surface area contributed by atoms with E-state index >= 15 is 0 Å². The summed E-state index contributed by atoms with van der Waals surface area (Å²) in [5, 5.41) is 3.67. The van der Waals surface area contributed by atoms with Crippen molar-refractivity contribution in [1.29, 1.82) is 0 Å². The Morgan fingerprint density at radius 1 is 0.947 bits per heavy atom. The van der Waals surface area contributed by atoms with Crippen LogP contribution in [0.1, 0.15) is 52.4 Å². The molecule has 0 amide bonds. The van der Waals surface area contributed by atoms with Crippen LogP contribution in [0.3, 0.4) is 0 Å². The summed E-state index contributed by atoms with van der Waals surface area (Å²) >= 11 is 0. The second kappa shape index (κ2) is 4.46. The summed E-state index contributed by atoms with van der Waals surface area (Å²) in [7, 11) is 0. The molecule has 1 saturated heterocycles. The minimum Gasteiger partial charge on any atom is -0.371 e. The monoisotopic (exact) mass is 263 g/mol. The lowest BCUT2D eigenvalue weighted by molar-refractivity contribution is -0.177. The van der Waals surface area contributed by atoms with Crippen molar-refractivity contribution in [3.63, 3.8) is 0 Å². The molecule has 5 fully saturated rings. The predicted molar refractivity (Wildman–Crippen MR) is 77.0 cm³/mol. The van der Waals surface area contributed by atoms with Crippen molar-refractivity contribution in [1.82, 2.24) is 5.32 Å². The average Bonchev–Trinajstić information content (AvgIpc) is 2.37. The molecular weight excluding hydrogens is 234 g/mol. The Kier molecular flexibility index (Phi) is 2.97. The third-order valence-corrected chi connectivity index (χ3v) is 6.53. The molecule has 2 nitrogen and oxygen atoms in total. The lowest BCUT2D eigenvalue weighted by Gasteiger charge is -2.60. The van der Waals surface area contributed by atoms with E-state index in [-0.39, 0.29) is 0 Å². The summed E-state index contributed by atoms with van der Waals surface area (Å²) < 4.78 is 6.57. The quantitative estimate of drug-likeness (QED) is 0.826. The summed E-state index contributed by atoms with van der Waals surface area (Å²) in [5.74, 6) is 3.75. The highest BCUT2D eigenvalue weighted by Crippen LogP contribution is 2.62. The van der Waals surface area contributed by atoms with Crippen molar-refractivity contribution >= 4 is 0 Å². The number of hydrogen-bond acceptors (Lipinski definition) is 2. The molecule has 19 heavy (non-hydrogen) atoms. The summed E-state index contributed by atoms with van der Waals surface area (Å²) in [4.78, 5) is 0. The molecule has 0 spiro atoms. The molecule has 2 heteroatoms. The largest absolute Gasteiger partial charge is 0.371 e. The van der Waals surface area contributed by atoms with Crippen molar-refractivity contribution in [2.45, 2.75) is 64.6 Å². The number of hydrogen-bond donors (Lipinski definition) is 1. The van der Waals surface area contributed by atoms with Crippen molar-refractivity contribution in [2.75, 3.05) is 13.1 Å². The fourth-order valence-electron chi connectivity index (χ4n) is 5.99. The van der Waals surface area contributed by atoms with E-state index < -0.39 is 0 Å². The Hall–Kier alpha value is -0.0800. The zero-order valence-corrected chi connectivity index (χ0v) is 12.5. The van der Waals surface area contributed by atoms with Gasteiger partial charge in [0.25, 0.3) is 0 Å². The molecule has 108 valence electrons. The lowest BCUT2D eigenvalue weighted by atomic mass is 9.48. The van der Waals surface area contributed by atoms with E-state index in [1.54, 1.807) is 0 Å². The predicted octanol–water partition coefficient (Wildman–Crippen LogP) is 3.22. The minimum atomic E-state index is 0.437. The van der Waals surface area contributed by atoms with Crippen LogP contribution in [-0.2, 0) is 4.74 Å². The Labute approximate surface area is 117 Å². The first kappa shape index (κ1) is 12.6. The molecule has 5 aliphatic rings. The van der Waals surface area contributed by atoms with Gasteiger partial charge >= 0.3 is 0 Å². The van der Waals surface area contributed by atoms with Gasteiger partial charge in [-0.25, -0.2) is 0 Å². The molecule has 0 aromatic carbocycles. The van der Waals surface area contributed by atoms with Gasteiger partial charge in [0.05, 0.1) is 12.2 Å². The number of rotatable bonds is 2. The average molecular weight is 263 g/mol. The van der Waals surface area contributed by atoms with Crippen molar-refractivity contribution in [2.24, 2.45) is 29.1 Å². The fourth-order valence-corrected chi connectivity index (χ4v) is 5.99. The van der Waals surface area contributed by atoms with Gasteiger partial charge in [0.15, 0.2) is 0 Å². The molecular formula is C17H29NO. The van der Waals surface area contributed by atoms with Gasteiger partial charge in [0, 0.05) is 13.1 Å². The van der Waals surface area contributed by atoms with Crippen molar-refractivity contribution < 1.29 is 4.74 Å². The fraction of sp³-hybridized carbons (Fsp3) is 1.00. The first-order chi connectivity index (χ1) is 9.14. The van der Waals surface area contributed by atoms with Crippen LogP contribution >= 0.6 is 0 Å². The SMILES string of the molecule is CC(C)C1CNCC(C23CC4CC(CC(C4)C2)C3)O1. The van der Waals surface area contributed by atoms with Crippen LogP contribution in [0.25, 0.3) is 0 Å². The normalized spacial score (nSPS) is 52.9. The molecule has 4 bridgehead atoms. The molecule has 2 atom stereocenters. The van der Waals surface area contributed by atoms with Gasteiger partial charge in [-0.2, -0.15) is 0 Å². The summed E-state index contributed by atoms with van der Waals surface area (Å²) in [6, 6.07) is 0. The van der Waals surface area contributed by atoms with Crippen LogP contribution in [0.2, 0.25) is 0 Å². The smallest absolute Gasteiger partial charge is 0.0760 e. The summed E-state index contributed by atoms with van der Waals surface area (Å²) in [6.07, 6.45) is 9.95. The van der Waals surface area contributed by atoms with Crippen LogP contribution in [-0.4, -0.2) is 25.3 Å². The summed E-state index contributed by atoms with van der Waals surface area (Å²) in [6.45, 7) is 6.76. The highest BCUT2D eigenvalue weighted by Gasteiger charge is 2.55. The second-order valence-corrected chi connectivity index (χ2v) is 8.35. The van der Waals surface area contributed by atoms with Crippen LogP contribution in [0.4, 0.5) is 0 Å². The van der Waals surface area contributed by atoms with Crippen LogP contribution < -0.4 is 5.32 Å². The minimum absolute atomic E-state index is 0.437. The lowest BCUT2D eigenvalue weighted by Crippen LogP contribution is -2.59. The third kappa shape index (κ3) is 2.06. The van der Waals surface area contributed by atoms with E-state index in [0.29, 0.717) is 23.5 Å². The molecule has 1 N–H and O–H groups in total. The van der Waals surface area contributed by atoms with Crippen LogP contribution in [0.5, 0.6) is 0 Å². The molecule has 1 aliphatic heterocycles. The van der Waals surface area contributed by atoms with Crippen molar-refractivity contribution in [3.05, 3.63) is 0 Å². The van der Waals surface area contributed by atoms with Crippen LogP contribution in [0.15, 0.2) is 0 Å². The number of morpholine rings is 1. The van der Waals surface area contributed by atoms with Gasteiger partial charge in [-0.15, -0.1) is 0 Å². The van der Waals surface area contributed by atoms with Gasteiger partial charge in [-0.3, -0.25) is 0 Å². The standard InChI is InChI=1S/C17H29NO/c1-11(2)15-9-18-10-16(19-15)17-6-12-3-13(7-17)5-14(4-12)8-17/h11-16,18H,3-10H2,1-2H3. The first-order valence-electron chi connectivity index (χ1n) is 8.51. The van der Waals surface area contributed by atoms with Crippen LogP contribution in [0, 0.1) is 29.1 Å². The Balaban J connectivity index is 1.54. The van der Waals surface area contributed by atoms with E-state index in [1.165, 1.54) is 38.5 Å². The van der Waals surface area contributed by atoms with E-state index in [4.69, 9.17) is 4.74 Å². The van der Waals surface area contributed by atoms with E-state index in [1.807, 2.05) is 0 Å².